The highest BCUT2D eigenvalue weighted by molar-refractivity contribution is 6.04. The molecule has 0 aromatic heterocycles. The molecule has 5 heteroatoms. The molecule has 0 spiro atoms. The zero-order valence-electron chi connectivity index (χ0n) is 16.6. The number of hydrogen-bond acceptors (Lipinski definition) is 3. The molecule has 1 saturated carbocycles. The van der Waals surface area contributed by atoms with Crippen molar-refractivity contribution in [1.82, 2.24) is 0 Å². The number of nitro benzene ring substituents is 1. The van der Waals surface area contributed by atoms with E-state index in [0.29, 0.717) is 17.2 Å². The monoisotopic (exact) mass is 380 g/mol. The van der Waals surface area contributed by atoms with Gasteiger partial charge in [-0.05, 0) is 67.7 Å². The van der Waals surface area contributed by atoms with E-state index in [1.807, 2.05) is 19.1 Å². The molecule has 1 amide bonds. The summed E-state index contributed by atoms with van der Waals surface area (Å²) in [7, 11) is 0. The van der Waals surface area contributed by atoms with Gasteiger partial charge in [0.25, 0.3) is 11.6 Å². The number of hydrogen-bond donors (Lipinski definition) is 1. The van der Waals surface area contributed by atoms with Crippen LogP contribution in [0.15, 0.2) is 42.5 Å². The first-order valence-corrected chi connectivity index (χ1v) is 10.1. The summed E-state index contributed by atoms with van der Waals surface area (Å²) in [5.74, 6) is 1.22. The van der Waals surface area contributed by atoms with Crippen LogP contribution in [0.2, 0.25) is 0 Å². The van der Waals surface area contributed by atoms with Crippen LogP contribution >= 0.6 is 0 Å². The van der Waals surface area contributed by atoms with Gasteiger partial charge in [-0.15, -0.1) is 0 Å². The molecule has 2 aromatic carbocycles. The summed E-state index contributed by atoms with van der Waals surface area (Å²) in [5, 5.41) is 13.8. The second-order valence-electron chi connectivity index (χ2n) is 7.84. The molecule has 0 saturated heterocycles. The highest BCUT2D eigenvalue weighted by Gasteiger charge is 2.22. The molecule has 28 heavy (non-hydrogen) atoms. The summed E-state index contributed by atoms with van der Waals surface area (Å²) in [6.45, 7) is 4.07. The number of non-ortho nitro benzene ring substituents is 1. The van der Waals surface area contributed by atoms with Crippen LogP contribution in [0, 0.1) is 23.0 Å². The van der Waals surface area contributed by atoms with Crippen LogP contribution in [0.5, 0.6) is 0 Å². The number of amides is 1. The lowest BCUT2D eigenvalue weighted by atomic mass is 9.77. The van der Waals surface area contributed by atoms with Gasteiger partial charge in [0.05, 0.1) is 10.6 Å². The van der Waals surface area contributed by atoms with E-state index >= 15 is 0 Å². The van der Waals surface area contributed by atoms with Crippen LogP contribution in [0.3, 0.4) is 0 Å². The van der Waals surface area contributed by atoms with Gasteiger partial charge in [0.15, 0.2) is 0 Å². The molecule has 1 aliphatic carbocycles. The smallest absolute Gasteiger partial charge is 0.271 e. The predicted octanol–water partition coefficient (Wildman–Crippen LogP) is 6.23. The van der Waals surface area contributed by atoms with Gasteiger partial charge in [0.2, 0.25) is 0 Å². The van der Waals surface area contributed by atoms with Gasteiger partial charge in [-0.3, -0.25) is 14.9 Å². The van der Waals surface area contributed by atoms with E-state index < -0.39 is 4.92 Å². The molecule has 0 unspecified atom stereocenters. The topological polar surface area (TPSA) is 72.2 Å². The van der Waals surface area contributed by atoms with E-state index in [0.717, 1.165) is 11.5 Å². The van der Waals surface area contributed by atoms with Gasteiger partial charge in [-0.1, -0.05) is 38.0 Å². The molecule has 0 radical (unpaired) electrons. The summed E-state index contributed by atoms with van der Waals surface area (Å²) < 4.78 is 0. The Morgan fingerprint density at radius 2 is 1.79 bits per heavy atom. The minimum atomic E-state index is -0.459. The molecule has 0 aliphatic heterocycles. The minimum Gasteiger partial charge on any atom is -0.321 e. The van der Waals surface area contributed by atoms with E-state index in [1.165, 1.54) is 56.2 Å². The Kier molecular flexibility index (Phi) is 6.45. The number of aryl methyl sites for hydroxylation is 1. The normalized spacial score (nSPS) is 19.2. The average molecular weight is 380 g/mol. The van der Waals surface area contributed by atoms with Crippen molar-refractivity contribution < 1.29 is 9.72 Å². The van der Waals surface area contributed by atoms with Crippen molar-refractivity contribution in [3.8, 4) is 0 Å². The molecule has 5 nitrogen and oxygen atoms in total. The molecule has 148 valence electrons. The van der Waals surface area contributed by atoms with Crippen molar-refractivity contribution in [2.45, 2.75) is 58.3 Å². The van der Waals surface area contributed by atoms with E-state index in [1.54, 1.807) is 6.07 Å². The lowest BCUT2D eigenvalue weighted by Gasteiger charge is -2.28. The second-order valence-corrected chi connectivity index (χ2v) is 7.84. The largest absolute Gasteiger partial charge is 0.321 e. The number of carbonyl (C=O) groups is 1. The molecule has 2 aromatic rings. The molecule has 0 bridgehead atoms. The Morgan fingerprint density at radius 3 is 2.39 bits per heavy atom. The van der Waals surface area contributed by atoms with Gasteiger partial charge in [0, 0.05) is 17.7 Å². The highest BCUT2D eigenvalue weighted by Crippen LogP contribution is 2.37. The molecular weight excluding hydrogens is 352 g/mol. The number of nitro groups is 1. The molecule has 1 aliphatic rings. The number of nitrogens with one attached hydrogen (secondary N) is 1. The third-order valence-corrected chi connectivity index (χ3v) is 5.87. The first-order chi connectivity index (χ1) is 13.5. The van der Waals surface area contributed by atoms with Crippen LogP contribution in [-0.2, 0) is 0 Å². The maximum atomic E-state index is 12.6. The Labute approximate surface area is 166 Å². The lowest BCUT2D eigenvalue weighted by Crippen LogP contribution is -2.15. The summed E-state index contributed by atoms with van der Waals surface area (Å²) in [6, 6.07) is 12.3. The van der Waals surface area contributed by atoms with Crippen molar-refractivity contribution in [3.05, 3.63) is 69.3 Å². The fraction of sp³-hybridized carbons (Fsp3) is 0.435. The molecule has 3 rings (SSSR count). The quantitative estimate of drug-likeness (QED) is 0.477. The minimum absolute atomic E-state index is 0.0325. The van der Waals surface area contributed by atoms with Crippen molar-refractivity contribution >= 4 is 17.3 Å². The van der Waals surface area contributed by atoms with Gasteiger partial charge < -0.3 is 5.32 Å². The first-order valence-electron chi connectivity index (χ1n) is 10.1. The van der Waals surface area contributed by atoms with Crippen molar-refractivity contribution in [1.29, 1.82) is 0 Å². The Hall–Kier alpha value is -2.69. The number of carbonyl (C=O) groups excluding carboxylic acids is 1. The third-order valence-electron chi connectivity index (χ3n) is 5.87. The van der Waals surface area contributed by atoms with E-state index in [-0.39, 0.29) is 11.6 Å². The maximum Gasteiger partial charge on any atom is 0.271 e. The first kappa shape index (κ1) is 20.1. The SMILES string of the molecule is CCCC1CCC(c2ccc(C(=O)Nc3cc([N+](=O)[O-])ccc3C)cc2)CC1. The Bertz CT molecular complexity index is 837. The van der Waals surface area contributed by atoms with Gasteiger partial charge >= 0.3 is 0 Å². The summed E-state index contributed by atoms with van der Waals surface area (Å²) >= 11 is 0. The zero-order valence-corrected chi connectivity index (χ0v) is 16.6. The standard InChI is InChI=1S/C23H28N2O3/c1-3-4-17-6-8-18(9-7-17)19-10-12-20(13-11-19)23(26)24-22-15-21(25(27)28)14-5-16(22)2/h5,10-15,17-18H,3-4,6-9H2,1-2H3,(H,24,26). The van der Waals surface area contributed by atoms with Crippen LogP contribution in [0.25, 0.3) is 0 Å². The number of anilines is 1. The molecule has 0 heterocycles. The molecule has 0 atom stereocenters. The summed E-state index contributed by atoms with van der Waals surface area (Å²) in [4.78, 5) is 23.1. The Morgan fingerprint density at radius 1 is 1.11 bits per heavy atom. The van der Waals surface area contributed by atoms with E-state index in [2.05, 4.69) is 24.4 Å². The molecular formula is C23H28N2O3. The van der Waals surface area contributed by atoms with Crippen LogP contribution in [-0.4, -0.2) is 10.8 Å². The van der Waals surface area contributed by atoms with Crippen LogP contribution < -0.4 is 5.32 Å². The van der Waals surface area contributed by atoms with Gasteiger partial charge in [0.1, 0.15) is 0 Å². The fourth-order valence-electron chi connectivity index (χ4n) is 4.15. The van der Waals surface area contributed by atoms with Crippen molar-refractivity contribution in [3.63, 3.8) is 0 Å². The fourth-order valence-corrected chi connectivity index (χ4v) is 4.15. The van der Waals surface area contributed by atoms with E-state index in [9.17, 15) is 14.9 Å². The van der Waals surface area contributed by atoms with E-state index in [4.69, 9.17) is 0 Å². The Balaban J connectivity index is 1.65. The zero-order chi connectivity index (χ0) is 20.1. The number of benzene rings is 2. The van der Waals surface area contributed by atoms with Crippen molar-refractivity contribution in [2.24, 2.45) is 5.92 Å². The van der Waals surface area contributed by atoms with Gasteiger partial charge in [-0.2, -0.15) is 0 Å². The summed E-state index contributed by atoms with van der Waals surface area (Å²) in [6.07, 6.45) is 7.65. The summed E-state index contributed by atoms with van der Waals surface area (Å²) in [5.41, 5.74) is 3.10. The highest BCUT2D eigenvalue weighted by atomic mass is 16.6. The van der Waals surface area contributed by atoms with Crippen molar-refractivity contribution in [2.75, 3.05) is 5.32 Å². The molecule has 1 fully saturated rings. The van der Waals surface area contributed by atoms with Gasteiger partial charge in [-0.25, -0.2) is 0 Å². The average Bonchev–Trinajstić information content (AvgIpc) is 2.70. The third kappa shape index (κ3) is 4.77. The number of nitrogens with zero attached hydrogens (tertiary/aromatic N) is 1. The second kappa shape index (κ2) is 9.00. The number of rotatable bonds is 6. The molecule has 1 N–H and O–H groups in total. The maximum absolute atomic E-state index is 12.6. The van der Waals surface area contributed by atoms with Crippen LogP contribution in [0.1, 0.15) is 72.9 Å². The van der Waals surface area contributed by atoms with Crippen LogP contribution in [0.4, 0.5) is 11.4 Å². The lowest BCUT2D eigenvalue weighted by molar-refractivity contribution is -0.384. The predicted molar refractivity (Wildman–Crippen MR) is 112 cm³/mol.